The Morgan fingerprint density at radius 3 is 2.06 bits per heavy atom. The maximum atomic E-state index is 4.33. The van der Waals surface area contributed by atoms with Crippen LogP contribution in [0, 0.1) is 0 Å². The van der Waals surface area contributed by atoms with Gasteiger partial charge in [0, 0.05) is 16.8 Å². The Balaban J connectivity index is 2.05. The minimum atomic E-state index is 0.0712. The second-order valence-electron chi connectivity index (χ2n) is 9.49. The minimum Gasteiger partial charge on any atom is -0.356 e. The van der Waals surface area contributed by atoms with Crippen LogP contribution in [0.3, 0.4) is 0 Å². The van der Waals surface area contributed by atoms with Gasteiger partial charge in [-0.1, -0.05) is 114 Å². The third-order valence-corrected chi connectivity index (χ3v) is 7.15. The highest BCUT2D eigenvalue weighted by Gasteiger charge is 2.42. The molecule has 0 bridgehead atoms. The number of anilines is 2. The van der Waals surface area contributed by atoms with Crippen molar-refractivity contribution in [2.45, 2.75) is 90.4 Å². The summed E-state index contributed by atoms with van der Waals surface area (Å²) in [5, 5.41) is 3.64. The molecule has 0 spiro atoms. The van der Waals surface area contributed by atoms with Gasteiger partial charge in [-0.15, -0.1) is 0 Å². The molecule has 176 valence electrons. The number of hydrogen-bond acceptors (Lipinski definition) is 1. The Hall–Kier alpha value is -2.54. The van der Waals surface area contributed by atoms with Gasteiger partial charge in [-0.25, -0.2) is 0 Å². The Morgan fingerprint density at radius 2 is 1.48 bits per heavy atom. The molecule has 0 amide bonds. The Labute approximate surface area is 202 Å². The molecule has 1 heteroatoms. The van der Waals surface area contributed by atoms with Crippen LogP contribution < -0.4 is 5.32 Å². The van der Waals surface area contributed by atoms with E-state index in [1.807, 2.05) is 0 Å². The maximum Gasteiger partial charge on any atom is 0.0387 e. The first-order valence-corrected chi connectivity index (χ1v) is 13.2. The quantitative estimate of drug-likeness (QED) is 0.287. The molecule has 33 heavy (non-hydrogen) atoms. The number of rotatable bonds is 14. The summed E-state index contributed by atoms with van der Waals surface area (Å²) in [6.45, 7) is 11.0. The molecule has 0 fully saturated rings. The number of para-hydroxylation sites is 1. The average Bonchev–Trinajstić information content (AvgIpc) is 3.09. The highest BCUT2D eigenvalue weighted by atomic mass is 14.9. The van der Waals surface area contributed by atoms with E-state index < -0.39 is 0 Å². The van der Waals surface area contributed by atoms with Crippen molar-refractivity contribution in [3.05, 3.63) is 90.0 Å². The van der Waals surface area contributed by atoms with Crippen molar-refractivity contribution in [1.29, 1.82) is 0 Å². The zero-order valence-electron chi connectivity index (χ0n) is 21.1. The van der Waals surface area contributed by atoms with E-state index in [0.29, 0.717) is 0 Å². The molecule has 0 aliphatic heterocycles. The lowest BCUT2D eigenvalue weighted by atomic mass is 9.69. The summed E-state index contributed by atoms with van der Waals surface area (Å²) in [7, 11) is 0. The van der Waals surface area contributed by atoms with Crippen LogP contribution in [0.15, 0.2) is 78.9 Å². The summed E-state index contributed by atoms with van der Waals surface area (Å²) in [5.74, 6) is 0. The van der Waals surface area contributed by atoms with Gasteiger partial charge in [0.15, 0.2) is 0 Å². The highest BCUT2D eigenvalue weighted by Crippen LogP contribution is 2.54. The lowest BCUT2D eigenvalue weighted by Crippen LogP contribution is -2.26. The van der Waals surface area contributed by atoms with Gasteiger partial charge in [-0.3, -0.25) is 0 Å². The van der Waals surface area contributed by atoms with Gasteiger partial charge in [0.05, 0.1) is 0 Å². The van der Waals surface area contributed by atoms with Crippen LogP contribution in [-0.2, 0) is 5.41 Å². The Kier molecular flexibility index (Phi) is 9.61. The van der Waals surface area contributed by atoms with Gasteiger partial charge >= 0.3 is 0 Å². The van der Waals surface area contributed by atoms with Crippen molar-refractivity contribution in [2.24, 2.45) is 0 Å². The Bertz CT molecular complexity index is 936. The molecule has 1 N–H and O–H groups in total. The largest absolute Gasteiger partial charge is 0.356 e. The number of fused-ring (bicyclic) bond motifs is 1. The first-order chi connectivity index (χ1) is 16.2. The van der Waals surface area contributed by atoms with E-state index in [9.17, 15) is 0 Å². The molecule has 0 saturated carbocycles. The number of nitrogens with one attached hydrogen (secondary N) is 1. The molecule has 2 aromatic carbocycles. The predicted octanol–water partition coefficient (Wildman–Crippen LogP) is 10.1. The molecule has 0 aromatic heterocycles. The van der Waals surface area contributed by atoms with Gasteiger partial charge in [0.2, 0.25) is 0 Å². The van der Waals surface area contributed by atoms with Crippen molar-refractivity contribution in [2.75, 3.05) is 5.32 Å². The van der Waals surface area contributed by atoms with Crippen LogP contribution in [0.5, 0.6) is 0 Å². The predicted molar refractivity (Wildman–Crippen MR) is 147 cm³/mol. The van der Waals surface area contributed by atoms with Crippen LogP contribution in [0.2, 0.25) is 0 Å². The lowest BCUT2D eigenvalue weighted by Gasteiger charge is -2.34. The molecule has 3 rings (SSSR count). The maximum absolute atomic E-state index is 4.33. The Morgan fingerprint density at radius 1 is 0.818 bits per heavy atom. The van der Waals surface area contributed by atoms with Crippen LogP contribution in [0.4, 0.5) is 11.4 Å². The third kappa shape index (κ3) is 5.88. The van der Waals surface area contributed by atoms with Crippen molar-refractivity contribution in [3.8, 4) is 0 Å². The SMILES string of the molecule is C=CC1=C(/C=C\C)c2ccc(Nc3ccccc3)cc2C1(CCCCCC)CCCCCC. The summed E-state index contributed by atoms with van der Waals surface area (Å²) in [6, 6.07) is 17.5. The monoisotopic (exact) mass is 441 g/mol. The summed E-state index contributed by atoms with van der Waals surface area (Å²) in [6.07, 6.45) is 19.5. The van der Waals surface area contributed by atoms with Gasteiger partial charge in [0.1, 0.15) is 0 Å². The third-order valence-electron chi connectivity index (χ3n) is 7.15. The lowest BCUT2D eigenvalue weighted by molar-refractivity contribution is 0.398. The van der Waals surface area contributed by atoms with E-state index in [2.05, 4.69) is 99.4 Å². The summed E-state index contributed by atoms with van der Waals surface area (Å²) >= 11 is 0. The van der Waals surface area contributed by atoms with Gasteiger partial charge in [-0.2, -0.15) is 0 Å². The normalized spacial score (nSPS) is 14.6. The number of allylic oxidation sites excluding steroid dienone is 5. The van der Waals surface area contributed by atoms with Crippen LogP contribution in [-0.4, -0.2) is 0 Å². The van der Waals surface area contributed by atoms with Crippen LogP contribution >= 0.6 is 0 Å². The van der Waals surface area contributed by atoms with E-state index >= 15 is 0 Å². The minimum absolute atomic E-state index is 0.0712. The molecular formula is C32H43N. The van der Waals surface area contributed by atoms with E-state index in [1.54, 1.807) is 0 Å². The molecule has 0 radical (unpaired) electrons. The molecule has 0 atom stereocenters. The second-order valence-corrected chi connectivity index (χ2v) is 9.49. The smallest absolute Gasteiger partial charge is 0.0387 e. The molecule has 1 nitrogen and oxygen atoms in total. The zero-order valence-corrected chi connectivity index (χ0v) is 21.1. The van der Waals surface area contributed by atoms with Gasteiger partial charge < -0.3 is 5.32 Å². The first-order valence-electron chi connectivity index (χ1n) is 13.2. The van der Waals surface area contributed by atoms with Crippen molar-refractivity contribution in [3.63, 3.8) is 0 Å². The highest BCUT2D eigenvalue weighted by molar-refractivity contribution is 5.89. The number of hydrogen-bond donors (Lipinski definition) is 1. The fourth-order valence-electron chi connectivity index (χ4n) is 5.51. The molecule has 2 aromatic rings. The van der Waals surface area contributed by atoms with Crippen molar-refractivity contribution in [1.82, 2.24) is 0 Å². The summed E-state index contributed by atoms with van der Waals surface area (Å²) in [5.41, 5.74) is 8.10. The topological polar surface area (TPSA) is 12.0 Å². The van der Waals surface area contributed by atoms with Crippen molar-refractivity contribution >= 4 is 16.9 Å². The fourth-order valence-corrected chi connectivity index (χ4v) is 5.51. The molecular weight excluding hydrogens is 398 g/mol. The van der Waals surface area contributed by atoms with Gasteiger partial charge in [-0.05, 0) is 66.3 Å². The van der Waals surface area contributed by atoms with E-state index in [4.69, 9.17) is 0 Å². The van der Waals surface area contributed by atoms with E-state index in [0.717, 1.165) is 5.69 Å². The second kappa shape index (κ2) is 12.6. The molecule has 0 heterocycles. The van der Waals surface area contributed by atoms with Crippen molar-refractivity contribution < 1.29 is 0 Å². The number of unbranched alkanes of at least 4 members (excludes halogenated alkanes) is 6. The van der Waals surface area contributed by atoms with E-state index in [-0.39, 0.29) is 5.41 Å². The van der Waals surface area contributed by atoms with E-state index in [1.165, 1.54) is 92.2 Å². The van der Waals surface area contributed by atoms with Crippen LogP contribution in [0.25, 0.3) is 5.57 Å². The zero-order chi connectivity index (χ0) is 23.5. The molecule has 1 aliphatic rings. The molecule has 0 unspecified atom stereocenters. The summed E-state index contributed by atoms with van der Waals surface area (Å²) < 4.78 is 0. The number of benzene rings is 2. The fraction of sp³-hybridized carbons (Fsp3) is 0.438. The van der Waals surface area contributed by atoms with Crippen LogP contribution in [0.1, 0.15) is 96.1 Å². The standard InChI is InChI=1S/C32H43N/c1-5-9-11-16-23-32(24-17-12-10-6-2)30(8-4)28(18-7-3)29-22-21-27(25-31(29)32)33-26-19-14-13-15-20-26/h7-8,13-15,18-22,25,33H,4-6,9-12,16-17,23-24H2,1-3H3/b18-7-. The average molecular weight is 442 g/mol. The molecule has 1 aliphatic carbocycles. The summed E-state index contributed by atoms with van der Waals surface area (Å²) in [4.78, 5) is 0. The molecule has 0 saturated heterocycles. The first kappa shape index (κ1) is 25.1. The van der Waals surface area contributed by atoms with Gasteiger partial charge in [0.25, 0.3) is 0 Å².